The topological polar surface area (TPSA) is 76.6 Å². The molecule has 0 fully saturated rings. The molecule has 7 nitrogen and oxygen atoms in total. The molecule has 0 saturated carbocycles. The normalized spacial score (nSPS) is 10.8. The van der Waals surface area contributed by atoms with Gasteiger partial charge < -0.3 is 19.7 Å². The molecule has 0 bridgehead atoms. The van der Waals surface area contributed by atoms with E-state index in [1.165, 1.54) is 34.2 Å². The van der Waals surface area contributed by atoms with Crippen LogP contribution in [-0.2, 0) is 14.3 Å². The summed E-state index contributed by atoms with van der Waals surface area (Å²) in [7, 11) is 3.25. The van der Waals surface area contributed by atoms with E-state index in [1.54, 1.807) is 19.1 Å². The van der Waals surface area contributed by atoms with Gasteiger partial charge in [-0.25, -0.2) is 0 Å². The fraction of sp³-hybridized carbons (Fsp3) is 0.500. The fourth-order valence-electron chi connectivity index (χ4n) is 2.24. The number of amides is 1. The van der Waals surface area contributed by atoms with E-state index >= 15 is 0 Å². The lowest BCUT2D eigenvalue weighted by atomic mass is 10.1. The van der Waals surface area contributed by atoms with Gasteiger partial charge >= 0.3 is 0 Å². The Balaban J connectivity index is 1.88. The van der Waals surface area contributed by atoms with Gasteiger partial charge in [0.05, 0.1) is 19.0 Å². The van der Waals surface area contributed by atoms with Crippen LogP contribution < -0.4 is 5.32 Å². The number of hydrogen-bond donors (Lipinski definition) is 1. The minimum atomic E-state index is 0.0352. The molecule has 1 heterocycles. The predicted molar refractivity (Wildman–Crippen MR) is 110 cm³/mol. The molecule has 1 amide bonds. The van der Waals surface area contributed by atoms with Crippen LogP contribution in [0.3, 0.4) is 0 Å². The number of aryl methyl sites for hydroxylation is 2. The smallest absolute Gasteiger partial charge is 0.233 e. The Bertz CT molecular complexity index is 731. The number of carbonyl (C=O) groups excluding carboxylic acids is 1. The number of hydrogen-bond acceptors (Lipinski definition) is 8. The van der Waals surface area contributed by atoms with Crippen molar-refractivity contribution in [3.63, 3.8) is 0 Å². The number of aromatic nitrogens is 2. The molecule has 2 rings (SSSR count). The van der Waals surface area contributed by atoms with Gasteiger partial charge in [-0.3, -0.25) is 4.79 Å². The van der Waals surface area contributed by atoms with Crippen molar-refractivity contribution < 1.29 is 14.3 Å². The third kappa shape index (κ3) is 7.10. The number of carbonyl (C=O) groups is 1. The summed E-state index contributed by atoms with van der Waals surface area (Å²) in [6.45, 7) is 6.26. The Hall–Kier alpha value is -1.68. The lowest BCUT2D eigenvalue weighted by Crippen LogP contribution is -2.37. The van der Waals surface area contributed by atoms with Crippen LogP contribution in [0.4, 0.5) is 10.8 Å². The highest BCUT2D eigenvalue weighted by Crippen LogP contribution is 2.28. The number of nitrogens with zero attached hydrogens (tertiary/aromatic N) is 3. The summed E-state index contributed by atoms with van der Waals surface area (Å²) in [6, 6.07) is 6.17. The largest absolute Gasteiger partial charge is 0.383 e. The SMILES string of the molecule is COCCN(CCOC)C(=O)CSc1nnc(Nc2ccc(C)c(C)c2)s1. The van der Waals surface area contributed by atoms with Crippen molar-refractivity contribution in [2.24, 2.45) is 0 Å². The summed E-state index contributed by atoms with van der Waals surface area (Å²) < 4.78 is 10.9. The first-order chi connectivity index (χ1) is 13.0. The van der Waals surface area contributed by atoms with Crippen molar-refractivity contribution in [2.75, 3.05) is 51.6 Å². The molecule has 1 aromatic heterocycles. The molecule has 0 unspecified atom stereocenters. The Labute approximate surface area is 168 Å². The first-order valence-electron chi connectivity index (χ1n) is 8.59. The lowest BCUT2D eigenvalue weighted by Gasteiger charge is -2.21. The molecule has 0 atom stereocenters. The highest BCUT2D eigenvalue weighted by Gasteiger charge is 2.15. The van der Waals surface area contributed by atoms with Crippen molar-refractivity contribution in [3.05, 3.63) is 29.3 Å². The summed E-state index contributed by atoms with van der Waals surface area (Å²) in [5.74, 6) is 0.346. The van der Waals surface area contributed by atoms with Gasteiger partial charge in [0.1, 0.15) is 0 Å². The van der Waals surface area contributed by atoms with Gasteiger partial charge in [-0.15, -0.1) is 10.2 Å². The van der Waals surface area contributed by atoms with E-state index in [2.05, 4.69) is 41.5 Å². The minimum Gasteiger partial charge on any atom is -0.383 e. The van der Waals surface area contributed by atoms with Crippen molar-refractivity contribution in [2.45, 2.75) is 18.2 Å². The third-order valence-corrected chi connectivity index (χ3v) is 5.92. The second-order valence-electron chi connectivity index (χ2n) is 5.95. The number of ether oxygens (including phenoxy) is 2. The molecule has 9 heteroatoms. The fourth-order valence-corrected chi connectivity index (χ4v) is 3.92. The number of benzene rings is 1. The molecular weight excluding hydrogens is 384 g/mol. The lowest BCUT2D eigenvalue weighted by molar-refractivity contribution is -0.129. The van der Waals surface area contributed by atoms with Crippen LogP contribution in [0.5, 0.6) is 0 Å². The summed E-state index contributed by atoms with van der Waals surface area (Å²) in [5, 5.41) is 12.3. The van der Waals surface area contributed by atoms with Gasteiger partial charge in [-0.2, -0.15) is 0 Å². The van der Waals surface area contributed by atoms with Crippen LogP contribution in [0.25, 0.3) is 0 Å². The average Bonchev–Trinajstić information content (AvgIpc) is 3.10. The first kappa shape index (κ1) is 21.6. The molecular formula is C18H26N4O3S2. The number of nitrogens with one attached hydrogen (secondary N) is 1. The van der Waals surface area contributed by atoms with Crippen LogP contribution >= 0.6 is 23.1 Å². The van der Waals surface area contributed by atoms with Crippen LogP contribution in [-0.4, -0.2) is 67.3 Å². The second-order valence-corrected chi connectivity index (χ2v) is 8.15. The zero-order valence-electron chi connectivity index (χ0n) is 16.2. The molecule has 0 aliphatic carbocycles. The van der Waals surface area contributed by atoms with E-state index in [9.17, 15) is 4.79 Å². The van der Waals surface area contributed by atoms with Crippen molar-refractivity contribution >= 4 is 39.8 Å². The molecule has 0 radical (unpaired) electrons. The summed E-state index contributed by atoms with van der Waals surface area (Å²) in [6.07, 6.45) is 0. The maximum absolute atomic E-state index is 12.4. The van der Waals surface area contributed by atoms with Gasteiger partial charge in [0.25, 0.3) is 0 Å². The van der Waals surface area contributed by atoms with Crippen LogP contribution in [0.1, 0.15) is 11.1 Å². The standard InChI is InChI=1S/C18H26N4O3S2/c1-13-5-6-15(11-14(13)2)19-17-20-21-18(27-17)26-12-16(23)22(7-9-24-3)8-10-25-4/h5-6,11H,7-10,12H2,1-4H3,(H,19,20). The van der Waals surface area contributed by atoms with Crippen LogP contribution in [0.15, 0.2) is 22.5 Å². The molecule has 27 heavy (non-hydrogen) atoms. The molecule has 0 aliphatic rings. The van der Waals surface area contributed by atoms with E-state index in [0.29, 0.717) is 37.2 Å². The van der Waals surface area contributed by atoms with Crippen LogP contribution in [0.2, 0.25) is 0 Å². The highest BCUT2D eigenvalue weighted by atomic mass is 32.2. The van der Waals surface area contributed by atoms with Gasteiger partial charge in [0.15, 0.2) is 4.34 Å². The first-order valence-corrected chi connectivity index (χ1v) is 10.4. The number of thioether (sulfide) groups is 1. The molecule has 1 aromatic carbocycles. The highest BCUT2D eigenvalue weighted by molar-refractivity contribution is 8.01. The van der Waals surface area contributed by atoms with E-state index in [-0.39, 0.29) is 5.91 Å². The summed E-state index contributed by atoms with van der Waals surface area (Å²) >= 11 is 2.83. The zero-order valence-corrected chi connectivity index (χ0v) is 17.8. The zero-order chi connectivity index (χ0) is 19.6. The molecule has 2 aromatic rings. The Morgan fingerprint density at radius 1 is 1.15 bits per heavy atom. The molecule has 1 N–H and O–H groups in total. The van der Waals surface area contributed by atoms with Crippen LogP contribution in [0, 0.1) is 13.8 Å². The van der Waals surface area contributed by atoms with Crippen molar-refractivity contribution in [1.29, 1.82) is 0 Å². The minimum absolute atomic E-state index is 0.0352. The van der Waals surface area contributed by atoms with Crippen molar-refractivity contribution in [1.82, 2.24) is 15.1 Å². The number of rotatable bonds is 11. The van der Waals surface area contributed by atoms with Gasteiger partial charge in [-0.05, 0) is 37.1 Å². The Morgan fingerprint density at radius 3 is 2.48 bits per heavy atom. The summed E-state index contributed by atoms with van der Waals surface area (Å²) in [5.41, 5.74) is 3.45. The van der Waals surface area contributed by atoms with Gasteiger partial charge in [0, 0.05) is 33.0 Å². The molecule has 148 valence electrons. The predicted octanol–water partition coefficient (Wildman–Crippen LogP) is 3.11. The number of methoxy groups -OCH3 is 2. The maximum Gasteiger partial charge on any atom is 0.233 e. The van der Waals surface area contributed by atoms with E-state index < -0.39 is 0 Å². The third-order valence-electron chi connectivity index (χ3n) is 3.97. The molecule has 0 saturated heterocycles. The van der Waals surface area contributed by atoms with Gasteiger partial charge in [-0.1, -0.05) is 29.2 Å². The molecule has 0 aliphatic heterocycles. The molecule has 0 spiro atoms. The second kappa shape index (κ2) is 11.2. The number of anilines is 2. The Kier molecular flexibility index (Phi) is 8.99. The average molecular weight is 411 g/mol. The summed E-state index contributed by atoms with van der Waals surface area (Å²) in [4.78, 5) is 14.2. The monoisotopic (exact) mass is 410 g/mol. The van der Waals surface area contributed by atoms with E-state index in [1.807, 2.05) is 6.07 Å². The van der Waals surface area contributed by atoms with Crippen molar-refractivity contribution in [3.8, 4) is 0 Å². The van der Waals surface area contributed by atoms with E-state index in [4.69, 9.17) is 9.47 Å². The maximum atomic E-state index is 12.4. The van der Waals surface area contributed by atoms with Gasteiger partial charge in [0.2, 0.25) is 11.0 Å². The Morgan fingerprint density at radius 2 is 1.85 bits per heavy atom. The quantitative estimate of drug-likeness (QED) is 0.570. The van der Waals surface area contributed by atoms with E-state index in [0.717, 1.165) is 10.0 Å².